The quantitative estimate of drug-likeness (QED) is 0.672. The maximum Gasteiger partial charge on any atom is 0.422 e. The molecule has 0 aliphatic heterocycles. The Bertz CT molecular complexity index is 438. The van der Waals surface area contributed by atoms with Crippen molar-refractivity contribution < 1.29 is 31.5 Å². The number of carbonyl (C=O) groups excluding carboxylic acids is 1. The summed E-state index contributed by atoms with van der Waals surface area (Å²) in [5.41, 5.74) is -0.0417. The van der Waals surface area contributed by atoms with Crippen LogP contribution >= 0.6 is 11.8 Å². The third kappa shape index (κ3) is 6.27. The third-order valence-corrected chi connectivity index (χ3v) is 2.49. The fraction of sp³-hybridized carbons (Fsp3) is 0.300. The van der Waals surface area contributed by atoms with Crippen LogP contribution in [0.2, 0.25) is 0 Å². The van der Waals surface area contributed by atoms with Crippen molar-refractivity contribution in [3.8, 4) is 0 Å². The number of hydrogen-bond acceptors (Lipinski definition) is 3. The van der Waals surface area contributed by atoms with E-state index in [1.807, 2.05) is 5.32 Å². The Hall–Kier alpha value is -1.51. The largest absolute Gasteiger partial charge is 0.440 e. The molecule has 0 saturated carbocycles. The average Bonchev–Trinajstić information content (AvgIpc) is 2.27. The molecule has 0 aliphatic carbocycles. The van der Waals surface area contributed by atoms with Crippen LogP contribution in [0.4, 0.5) is 32.4 Å². The number of benzene rings is 1. The molecule has 0 radical (unpaired) electrons. The Morgan fingerprint density at radius 2 is 1.95 bits per heavy atom. The molecule has 19 heavy (non-hydrogen) atoms. The molecular formula is C10H8F5NO2S. The second kappa shape index (κ2) is 6.60. The van der Waals surface area contributed by atoms with Gasteiger partial charge in [0.2, 0.25) is 0 Å². The van der Waals surface area contributed by atoms with Gasteiger partial charge in [-0.15, -0.1) is 0 Å². The molecule has 1 aromatic carbocycles. The number of rotatable bonds is 4. The van der Waals surface area contributed by atoms with Gasteiger partial charge in [-0.05, 0) is 12.1 Å². The molecule has 1 N–H and O–H groups in total. The van der Waals surface area contributed by atoms with Gasteiger partial charge < -0.3 is 4.74 Å². The van der Waals surface area contributed by atoms with Crippen LogP contribution in [-0.4, -0.2) is 24.6 Å². The Morgan fingerprint density at radius 1 is 1.32 bits per heavy atom. The lowest BCUT2D eigenvalue weighted by Gasteiger charge is -2.11. The van der Waals surface area contributed by atoms with Gasteiger partial charge in [-0.25, -0.2) is 4.79 Å². The zero-order valence-electron chi connectivity index (χ0n) is 9.21. The van der Waals surface area contributed by atoms with E-state index < -0.39 is 24.6 Å². The van der Waals surface area contributed by atoms with Gasteiger partial charge in [-0.1, -0.05) is 23.9 Å². The lowest BCUT2D eigenvalue weighted by molar-refractivity contribution is -0.159. The number of carbonyl (C=O) groups is 1. The van der Waals surface area contributed by atoms with Crippen molar-refractivity contribution in [1.29, 1.82) is 0 Å². The van der Waals surface area contributed by atoms with Crippen molar-refractivity contribution in [1.82, 2.24) is 0 Å². The summed E-state index contributed by atoms with van der Waals surface area (Å²) in [7, 11) is 0. The standard InChI is InChI=1S/C10H8F5NO2S/c11-8(12)19-7-4-2-1-3-6(7)16-9(17)18-5-10(13,14)15/h1-4,8H,5H2,(H,16,17). The highest BCUT2D eigenvalue weighted by molar-refractivity contribution is 7.99. The molecule has 106 valence electrons. The monoisotopic (exact) mass is 301 g/mol. The van der Waals surface area contributed by atoms with E-state index in [1.54, 1.807) is 0 Å². The second-order valence-corrected chi connectivity index (χ2v) is 4.22. The SMILES string of the molecule is O=C(Nc1ccccc1SC(F)F)OCC(F)(F)F. The summed E-state index contributed by atoms with van der Waals surface area (Å²) in [6, 6.07) is 5.47. The van der Waals surface area contributed by atoms with Gasteiger partial charge in [0.1, 0.15) is 0 Å². The molecule has 0 bridgehead atoms. The molecule has 0 atom stereocenters. The van der Waals surface area contributed by atoms with Crippen LogP contribution < -0.4 is 5.32 Å². The molecule has 0 saturated heterocycles. The van der Waals surface area contributed by atoms with Gasteiger partial charge >= 0.3 is 12.3 Å². The van der Waals surface area contributed by atoms with Crippen LogP contribution in [0.15, 0.2) is 29.2 Å². The first-order chi connectivity index (χ1) is 8.78. The van der Waals surface area contributed by atoms with Crippen molar-refractivity contribution in [3.05, 3.63) is 24.3 Å². The Balaban J connectivity index is 2.63. The van der Waals surface area contributed by atoms with Crippen molar-refractivity contribution in [3.63, 3.8) is 0 Å². The molecule has 3 nitrogen and oxygen atoms in total. The van der Waals surface area contributed by atoms with E-state index in [0.29, 0.717) is 0 Å². The zero-order chi connectivity index (χ0) is 14.5. The van der Waals surface area contributed by atoms with Crippen LogP contribution in [0.1, 0.15) is 0 Å². The van der Waals surface area contributed by atoms with Crippen molar-refractivity contribution in [2.75, 3.05) is 11.9 Å². The van der Waals surface area contributed by atoms with Gasteiger partial charge in [0.15, 0.2) is 6.61 Å². The molecule has 9 heteroatoms. The number of nitrogens with one attached hydrogen (secondary N) is 1. The number of anilines is 1. The van der Waals surface area contributed by atoms with Crippen LogP contribution in [-0.2, 0) is 4.74 Å². The molecule has 1 amide bonds. The molecule has 0 aliphatic rings. The smallest absolute Gasteiger partial charge is 0.422 e. The minimum Gasteiger partial charge on any atom is -0.440 e. The van der Waals surface area contributed by atoms with E-state index in [0.717, 1.165) is 0 Å². The highest BCUT2D eigenvalue weighted by atomic mass is 32.2. The van der Waals surface area contributed by atoms with Gasteiger partial charge in [0.25, 0.3) is 5.76 Å². The molecular weight excluding hydrogens is 293 g/mol. The fourth-order valence-corrected chi connectivity index (χ4v) is 1.66. The Kier molecular flexibility index (Phi) is 5.40. The maximum absolute atomic E-state index is 12.2. The summed E-state index contributed by atoms with van der Waals surface area (Å²) < 4.78 is 63.7. The molecule has 0 heterocycles. The van der Waals surface area contributed by atoms with Gasteiger partial charge in [-0.2, -0.15) is 22.0 Å². The summed E-state index contributed by atoms with van der Waals surface area (Å²) >= 11 is 0.165. The highest BCUT2D eigenvalue weighted by Crippen LogP contribution is 2.31. The Morgan fingerprint density at radius 3 is 2.53 bits per heavy atom. The first-order valence-electron chi connectivity index (χ1n) is 4.82. The third-order valence-electron chi connectivity index (χ3n) is 1.71. The number of ether oxygens (including phenoxy) is 1. The fourth-order valence-electron chi connectivity index (χ4n) is 1.06. The van der Waals surface area contributed by atoms with Crippen molar-refractivity contribution in [2.45, 2.75) is 16.8 Å². The highest BCUT2D eigenvalue weighted by Gasteiger charge is 2.29. The molecule has 0 aromatic heterocycles. The average molecular weight is 301 g/mol. The topological polar surface area (TPSA) is 38.3 Å². The predicted octanol–water partition coefficient (Wildman–Crippen LogP) is 4.11. The minimum atomic E-state index is -4.64. The van der Waals surface area contributed by atoms with E-state index >= 15 is 0 Å². The number of halogens is 5. The number of alkyl halides is 5. The van der Waals surface area contributed by atoms with Crippen LogP contribution in [0.25, 0.3) is 0 Å². The summed E-state index contributed by atoms with van der Waals surface area (Å²) in [4.78, 5) is 11.1. The minimum absolute atomic E-state index is 0.0291. The van der Waals surface area contributed by atoms with Gasteiger partial charge in [0.05, 0.1) is 5.69 Å². The van der Waals surface area contributed by atoms with Gasteiger partial charge in [-0.3, -0.25) is 5.32 Å². The van der Waals surface area contributed by atoms with Crippen LogP contribution in [0.3, 0.4) is 0 Å². The van der Waals surface area contributed by atoms with E-state index in [9.17, 15) is 26.7 Å². The summed E-state index contributed by atoms with van der Waals surface area (Å²) in [5, 5.41) is 1.97. The van der Waals surface area contributed by atoms with E-state index in [-0.39, 0.29) is 22.3 Å². The lowest BCUT2D eigenvalue weighted by Crippen LogP contribution is -2.23. The normalized spacial score (nSPS) is 11.5. The van der Waals surface area contributed by atoms with Crippen molar-refractivity contribution in [2.24, 2.45) is 0 Å². The number of thioether (sulfide) groups is 1. The number of amides is 1. The van der Waals surface area contributed by atoms with Crippen LogP contribution in [0, 0.1) is 0 Å². The van der Waals surface area contributed by atoms with E-state index in [2.05, 4.69) is 4.74 Å². The zero-order valence-corrected chi connectivity index (χ0v) is 10.0. The van der Waals surface area contributed by atoms with E-state index in [1.165, 1.54) is 24.3 Å². The number of para-hydroxylation sites is 1. The maximum atomic E-state index is 12.2. The van der Waals surface area contributed by atoms with E-state index in [4.69, 9.17) is 0 Å². The summed E-state index contributed by atoms with van der Waals surface area (Å²) in [5.74, 6) is -2.71. The molecule has 1 rings (SSSR count). The summed E-state index contributed by atoms with van der Waals surface area (Å²) in [6.07, 6.45) is -6.01. The molecule has 0 unspecified atom stereocenters. The van der Waals surface area contributed by atoms with Crippen LogP contribution in [0.5, 0.6) is 0 Å². The Labute approximate surface area is 109 Å². The van der Waals surface area contributed by atoms with Crippen molar-refractivity contribution >= 4 is 23.5 Å². The van der Waals surface area contributed by atoms with Gasteiger partial charge in [0, 0.05) is 4.90 Å². The molecule has 0 spiro atoms. The first kappa shape index (κ1) is 15.5. The second-order valence-electron chi connectivity index (χ2n) is 3.19. The lowest BCUT2D eigenvalue weighted by atomic mass is 10.3. The predicted molar refractivity (Wildman–Crippen MR) is 59.3 cm³/mol. The summed E-state index contributed by atoms with van der Waals surface area (Å²) in [6.45, 7) is -1.75. The first-order valence-corrected chi connectivity index (χ1v) is 5.70. The molecule has 1 aromatic rings. The number of hydrogen-bond donors (Lipinski definition) is 1. The molecule has 0 fully saturated rings.